The van der Waals surface area contributed by atoms with Crippen LogP contribution in [0.15, 0.2) is 18.2 Å². The van der Waals surface area contributed by atoms with Crippen LogP contribution in [0.2, 0.25) is 5.02 Å². The highest BCUT2D eigenvalue weighted by Crippen LogP contribution is 2.24. The smallest absolute Gasteiger partial charge is 0.0940 e. The molecule has 0 heterocycles. The van der Waals surface area contributed by atoms with Gasteiger partial charge in [-0.15, -0.1) is 0 Å². The Kier molecular flexibility index (Phi) is 5.26. The van der Waals surface area contributed by atoms with Crippen LogP contribution in [0.5, 0.6) is 0 Å². The van der Waals surface area contributed by atoms with Gasteiger partial charge in [-0.3, -0.25) is 0 Å². The largest absolute Gasteiger partial charge is 0.387 e. The fourth-order valence-corrected chi connectivity index (χ4v) is 2.99. The Morgan fingerprint density at radius 3 is 2.58 bits per heavy atom. The molecular formula is C16H24ClNO. The summed E-state index contributed by atoms with van der Waals surface area (Å²) in [5.74, 6) is 0. The highest BCUT2D eigenvalue weighted by atomic mass is 35.5. The third-order valence-electron chi connectivity index (χ3n) is 4.10. The Balaban J connectivity index is 1.97. The van der Waals surface area contributed by atoms with Crippen LogP contribution < -0.4 is 5.32 Å². The molecule has 2 unspecified atom stereocenters. The molecule has 0 aliphatic heterocycles. The first-order valence-electron chi connectivity index (χ1n) is 7.28. The molecule has 2 rings (SSSR count). The van der Waals surface area contributed by atoms with Crippen LogP contribution in [-0.2, 0) is 0 Å². The SMILES string of the molecule is Cc1cc(C(O)C(C)NC2CCCCC2)ccc1Cl. The summed E-state index contributed by atoms with van der Waals surface area (Å²) in [5.41, 5.74) is 1.96. The first kappa shape index (κ1) is 14.8. The van der Waals surface area contributed by atoms with E-state index < -0.39 is 6.10 Å². The van der Waals surface area contributed by atoms with Gasteiger partial charge < -0.3 is 10.4 Å². The van der Waals surface area contributed by atoms with Crippen molar-refractivity contribution in [3.63, 3.8) is 0 Å². The van der Waals surface area contributed by atoms with E-state index in [9.17, 15) is 5.11 Å². The quantitative estimate of drug-likeness (QED) is 0.874. The van der Waals surface area contributed by atoms with Crippen LogP contribution in [0.25, 0.3) is 0 Å². The second-order valence-electron chi connectivity index (χ2n) is 5.74. The Bertz CT molecular complexity index is 415. The summed E-state index contributed by atoms with van der Waals surface area (Å²) >= 11 is 6.02. The lowest BCUT2D eigenvalue weighted by Gasteiger charge is -2.29. The first-order valence-corrected chi connectivity index (χ1v) is 7.66. The second kappa shape index (κ2) is 6.74. The van der Waals surface area contributed by atoms with Crippen LogP contribution in [0.4, 0.5) is 0 Å². The van der Waals surface area contributed by atoms with E-state index in [1.54, 1.807) is 0 Å². The van der Waals surface area contributed by atoms with Gasteiger partial charge in [-0.25, -0.2) is 0 Å². The molecule has 1 aromatic rings. The fourth-order valence-electron chi connectivity index (χ4n) is 2.87. The van der Waals surface area contributed by atoms with Crippen LogP contribution in [0.1, 0.15) is 56.3 Å². The van der Waals surface area contributed by atoms with Crippen molar-refractivity contribution in [1.82, 2.24) is 5.32 Å². The highest BCUT2D eigenvalue weighted by Gasteiger charge is 2.21. The van der Waals surface area contributed by atoms with Gasteiger partial charge in [-0.05, 0) is 43.9 Å². The van der Waals surface area contributed by atoms with Crippen molar-refractivity contribution < 1.29 is 5.11 Å². The summed E-state index contributed by atoms with van der Waals surface area (Å²) < 4.78 is 0. The van der Waals surface area contributed by atoms with Gasteiger partial charge in [0.2, 0.25) is 0 Å². The van der Waals surface area contributed by atoms with Gasteiger partial charge in [0, 0.05) is 17.1 Å². The van der Waals surface area contributed by atoms with Crippen molar-refractivity contribution in [2.75, 3.05) is 0 Å². The molecule has 2 N–H and O–H groups in total. The van der Waals surface area contributed by atoms with Gasteiger partial charge in [0.25, 0.3) is 0 Å². The molecule has 1 aliphatic rings. The molecule has 1 aromatic carbocycles. The minimum Gasteiger partial charge on any atom is -0.387 e. The van der Waals surface area contributed by atoms with Crippen molar-refractivity contribution in [2.45, 2.75) is 64.1 Å². The topological polar surface area (TPSA) is 32.3 Å². The number of halogens is 1. The molecule has 2 atom stereocenters. The molecule has 0 aromatic heterocycles. The van der Waals surface area contributed by atoms with Gasteiger partial charge in [-0.1, -0.05) is 43.0 Å². The molecule has 1 fully saturated rings. The molecule has 0 saturated heterocycles. The van der Waals surface area contributed by atoms with E-state index in [0.29, 0.717) is 6.04 Å². The number of rotatable bonds is 4. The molecule has 3 heteroatoms. The summed E-state index contributed by atoms with van der Waals surface area (Å²) in [7, 11) is 0. The Morgan fingerprint density at radius 1 is 1.26 bits per heavy atom. The van der Waals surface area contributed by atoms with Crippen molar-refractivity contribution in [3.8, 4) is 0 Å². The zero-order valence-corrected chi connectivity index (χ0v) is 12.6. The summed E-state index contributed by atoms with van der Waals surface area (Å²) in [5, 5.41) is 14.8. The average molecular weight is 282 g/mol. The lowest BCUT2D eigenvalue weighted by atomic mass is 9.93. The predicted octanol–water partition coefficient (Wildman–Crippen LogP) is 3.99. The number of nitrogens with one attached hydrogen (secondary N) is 1. The molecule has 0 spiro atoms. The summed E-state index contributed by atoms with van der Waals surface area (Å²) in [4.78, 5) is 0. The third-order valence-corrected chi connectivity index (χ3v) is 4.52. The molecule has 1 aliphatic carbocycles. The summed E-state index contributed by atoms with van der Waals surface area (Å²) in [6, 6.07) is 6.39. The van der Waals surface area contributed by atoms with E-state index in [-0.39, 0.29) is 6.04 Å². The normalized spacial score (nSPS) is 20.2. The number of aliphatic hydroxyl groups excluding tert-OH is 1. The van der Waals surface area contributed by atoms with Gasteiger partial charge in [0.05, 0.1) is 6.10 Å². The summed E-state index contributed by atoms with van der Waals surface area (Å²) in [6.07, 6.45) is 5.96. The molecule has 0 amide bonds. The van der Waals surface area contributed by atoms with E-state index in [1.165, 1.54) is 32.1 Å². The van der Waals surface area contributed by atoms with Crippen LogP contribution in [0.3, 0.4) is 0 Å². The van der Waals surface area contributed by atoms with Crippen molar-refractivity contribution in [1.29, 1.82) is 0 Å². The predicted molar refractivity (Wildman–Crippen MR) is 80.6 cm³/mol. The van der Waals surface area contributed by atoms with Crippen LogP contribution in [0, 0.1) is 6.92 Å². The number of aryl methyl sites for hydroxylation is 1. The van der Waals surface area contributed by atoms with Gasteiger partial charge in [0.15, 0.2) is 0 Å². The van der Waals surface area contributed by atoms with E-state index in [2.05, 4.69) is 12.2 Å². The number of aliphatic hydroxyl groups is 1. The fraction of sp³-hybridized carbons (Fsp3) is 0.625. The third kappa shape index (κ3) is 3.95. The van der Waals surface area contributed by atoms with Crippen molar-refractivity contribution >= 4 is 11.6 Å². The van der Waals surface area contributed by atoms with Gasteiger partial charge >= 0.3 is 0 Å². The number of hydrogen-bond donors (Lipinski definition) is 2. The molecule has 106 valence electrons. The molecule has 19 heavy (non-hydrogen) atoms. The maximum absolute atomic E-state index is 10.4. The Morgan fingerprint density at radius 2 is 1.95 bits per heavy atom. The monoisotopic (exact) mass is 281 g/mol. The molecular weight excluding hydrogens is 258 g/mol. The van der Waals surface area contributed by atoms with E-state index in [1.807, 2.05) is 25.1 Å². The summed E-state index contributed by atoms with van der Waals surface area (Å²) in [6.45, 7) is 4.03. The lowest BCUT2D eigenvalue weighted by molar-refractivity contribution is 0.125. The van der Waals surface area contributed by atoms with Gasteiger partial charge in [-0.2, -0.15) is 0 Å². The van der Waals surface area contributed by atoms with Crippen molar-refractivity contribution in [2.24, 2.45) is 0 Å². The zero-order chi connectivity index (χ0) is 13.8. The first-order chi connectivity index (χ1) is 9.08. The maximum Gasteiger partial charge on any atom is 0.0940 e. The van der Waals surface area contributed by atoms with Crippen LogP contribution >= 0.6 is 11.6 Å². The Hall–Kier alpha value is -0.570. The average Bonchev–Trinajstić information content (AvgIpc) is 2.42. The number of benzene rings is 1. The minimum atomic E-state index is -0.474. The maximum atomic E-state index is 10.4. The van der Waals surface area contributed by atoms with E-state index in [0.717, 1.165) is 16.1 Å². The van der Waals surface area contributed by atoms with E-state index >= 15 is 0 Å². The van der Waals surface area contributed by atoms with Crippen molar-refractivity contribution in [3.05, 3.63) is 34.3 Å². The van der Waals surface area contributed by atoms with Gasteiger partial charge in [0.1, 0.15) is 0 Å². The molecule has 1 saturated carbocycles. The number of hydrogen-bond acceptors (Lipinski definition) is 2. The molecule has 2 nitrogen and oxygen atoms in total. The van der Waals surface area contributed by atoms with E-state index in [4.69, 9.17) is 11.6 Å². The molecule has 0 bridgehead atoms. The molecule has 0 radical (unpaired) electrons. The zero-order valence-electron chi connectivity index (χ0n) is 11.8. The van der Waals surface area contributed by atoms with Crippen LogP contribution in [-0.4, -0.2) is 17.2 Å². The second-order valence-corrected chi connectivity index (χ2v) is 6.15. The minimum absolute atomic E-state index is 0.0728. The Labute approximate surface area is 121 Å². The lowest BCUT2D eigenvalue weighted by Crippen LogP contribution is -2.41. The highest BCUT2D eigenvalue weighted by molar-refractivity contribution is 6.31. The standard InChI is InChI=1S/C16H24ClNO/c1-11-10-13(8-9-15(11)17)16(19)12(2)18-14-6-4-3-5-7-14/h8-10,12,14,16,18-19H,3-7H2,1-2H3.